The van der Waals surface area contributed by atoms with Gasteiger partial charge in [0.1, 0.15) is 0 Å². The van der Waals surface area contributed by atoms with Crippen molar-refractivity contribution in [3.05, 3.63) is 59.2 Å². The molecule has 0 atom stereocenters. The Balaban J connectivity index is 1.64. The summed E-state index contributed by atoms with van der Waals surface area (Å²) in [5.74, 6) is -0.609. The minimum atomic E-state index is -3.83. The van der Waals surface area contributed by atoms with Gasteiger partial charge in [-0.3, -0.25) is 9.59 Å². The lowest BCUT2D eigenvalue weighted by Gasteiger charge is -2.22. The third-order valence-corrected chi connectivity index (χ3v) is 7.49. The van der Waals surface area contributed by atoms with Gasteiger partial charge in [0.05, 0.1) is 9.79 Å². The second kappa shape index (κ2) is 7.51. The summed E-state index contributed by atoms with van der Waals surface area (Å²) in [6, 6.07) is 10.7. The van der Waals surface area contributed by atoms with Crippen LogP contribution in [-0.4, -0.2) is 26.2 Å². The van der Waals surface area contributed by atoms with E-state index >= 15 is 0 Å². The molecule has 5 nitrogen and oxygen atoms in total. The highest BCUT2D eigenvalue weighted by molar-refractivity contribution is 7.91. The number of rotatable bonds is 2. The Bertz CT molecular complexity index is 1030. The van der Waals surface area contributed by atoms with Crippen molar-refractivity contribution in [3.8, 4) is 0 Å². The molecule has 0 radical (unpaired) electrons. The maximum atomic E-state index is 13.0. The van der Waals surface area contributed by atoms with Crippen LogP contribution in [0.25, 0.3) is 0 Å². The summed E-state index contributed by atoms with van der Waals surface area (Å²) in [5.41, 5.74) is 0.583. The molecule has 2 aromatic rings. The van der Waals surface area contributed by atoms with Crippen LogP contribution in [0.5, 0.6) is 0 Å². The molecule has 1 aliphatic heterocycles. The van der Waals surface area contributed by atoms with E-state index in [1.807, 2.05) is 0 Å². The Morgan fingerprint density at radius 2 is 1.50 bits per heavy atom. The molecule has 1 N–H and O–H groups in total. The van der Waals surface area contributed by atoms with Crippen molar-refractivity contribution in [1.29, 1.82) is 0 Å². The van der Waals surface area contributed by atoms with Crippen molar-refractivity contribution in [2.24, 2.45) is 0 Å². The molecule has 1 saturated carbocycles. The van der Waals surface area contributed by atoms with Crippen molar-refractivity contribution in [2.75, 3.05) is 0 Å². The van der Waals surface area contributed by atoms with Crippen LogP contribution in [0.4, 0.5) is 0 Å². The van der Waals surface area contributed by atoms with Gasteiger partial charge in [0.15, 0.2) is 5.78 Å². The molecule has 0 unspecified atom stereocenters. The summed E-state index contributed by atoms with van der Waals surface area (Å²) in [7, 11) is -3.83. The largest absolute Gasteiger partial charge is 0.349 e. The van der Waals surface area contributed by atoms with Gasteiger partial charge in [-0.1, -0.05) is 44.2 Å². The number of carbonyl (C=O) groups is 2. The van der Waals surface area contributed by atoms with Crippen molar-refractivity contribution >= 4 is 21.5 Å². The standard InChI is InChI=1S/C22H23NO4S/c24-21-17-10-6-7-11-19(17)28(26,27)20-14-15(12-13-18(20)21)22(25)23-16-8-4-2-1-3-5-9-16/h6-7,10-14,16H,1-5,8-9H2,(H,23,25). The number of amides is 1. The highest BCUT2D eigenvalue weighted by atomic mass is 32.2. The average molecular weight is 397 g/mol. The monoisotopic (exact) mass is 397 g/mol. The number of carbonyl (C=O) groups excluding carboxylic acids is 2. The number of sulfone groups is 1. The first kappa shape index (κ1) is 18.9. The van der Waals surface area contributed by atoms with Crippen LogP contribution in [-0.2, 0) is 9.84 Å². The topological polar surface area (TPSA) is 80.3 Å². The molecule has 28 heavy (non-hydrogen) atoms. The van der Waals surface area contributed by atoms with Crippen LogP contribution in [0.15, 0.2) is 52.3 Å². The molecule has 6 heteroatoms. The van der Waals surface area contributed by atoms with E-state index in [9.17, 15) is 18.0 Å². The summed E-state index contributed by atoms with van der Waals surface area (Å²) >= 11 is 0. The lowest BCUT2D eigenvalue weighted by atomic mass is 9.96. The summed E-state index contributed by atoms with van der Waals surface area (Å²) in [6.07, 6.45) is 7.69. The zero-order chi connectivity index (χ0) is 19.7. The number of hydrogen-bond donors (Lipinski definition) is 1. The highest BCUT2D eigenvalue weighted by Crippen LogP contribution is 2.34. The number of fused-ring (bicyclic) bond motifs is 2. The molecule has 2 aliphatic rings. The second-order valence-electron chi connectivity index (χ2n) is 7.56. The van der Waals surface area contributed by atoms with Crippen molar-refractivity contribution in [1.82, 2.24) is 5.32 Å². The van der Waals surface area contributed by atoms with E-state index < -0.39 is 9.84 Å². The van der Waals surface area contributed by atoms with E-state index in [1.165, 1.54) is 43.5 Å². The van der Waals surface area contributed by atoms with E-state index in [0.717, 1.165) is 25.7 Å². The van der Waals surface area contributed by atoms with Crippen LogP contribution >= 0.6 is 0 Å². The second-order valence-corrected chi connectivity index (χ2v) is 9.44. The molecule has 146 valence electrons. The average Bonchev–Trinajstić information content (AvgIpc) is 2.68. The maximum Gasteiger partial charge on any atom is 0.251 e. The van der Waals surface area contributed by atoms with Gasteiger partial charge in [-0.25, -0.2) is 8.42 Å². The number of nitrogens with one attached hydrogen (secondary N) is 1. The molecule has 4 rings (SSSR count). The predicted molar refractivity (Wildman–Crippen MR) is 105 cm³/mol. The van der Waals surface area contributed by atoms with E-state index in [-0.39, 0.29) is 44.2 Å². The smallest absolute Gasteiger partial charge is 0.251 e. The minimum absolute atomic E-state index is 0.00470. The summed E-state index contributed by atoms with van der Waals surface area (Å²) in [6.45, 7) is 0. The maximum absolute atomic E-state index is 13.0. The fourth-order valence-electron chi connectivity index (χ4n) is 4.09. The molecule has 1 amide bonds. The number of benzene rings is 2. The van der Waals surface area contributed by atoms with E-state index in [1.54, 1.807) is 18.2 Å². The van der Waals surface area contributed by atoms with Crippen molar-refractivity contribution in [2.45, 2.75) is 60.8 Å². The molecule has 0 saturated heterocycles. The fraction of sp³-hybridized carbons (Fsp3) is 0.364. The molecule has 0 bridgehead atoms. The Morgan fingerprint density at radius 1 is 0.857 bits per heavy atom. The lowest BCUT2D eigenvalue weighted by molar-refractivity contribution is 0.0928. The van der Waals surface area contributed by atoms with E-state index in [4.69, 9.17) is 0 Å². The van der Waals surface area contributed by atoms with Gasteiger partial charge in [-0.2, -0.15) is 0 Å². The van der Waals surface area contributed by atoms with Crippen LogP contribution < -0.4 is 5.32 Å². The summed E-state index contributed by atoms with van der Waals surface area (Å²) in [4.78, 5) is 25.4. The Labute approximate surface area is 165 Å². The molecule has 0 aromatic heterocycles. The molecule has 2 aromatic carbocycles. The van der Waals surface area contributed by atoms with Gasteiger partial charge in [0.25, 0.3) is 5.91 Å². The molecule has 1 fully saturated rings. The van der Waals surface area contributed by atoms with Gasteiger partial charge in [0.2, 0.25) is 9.84 Å². The van der Waals surface area contributed by atoms with E-state index in [0.29, 0.717) is 0 Å². The zero-order valence-electron chi connectivity index (χ0n) is 15.6. The first-order valence-electron chi connectivity index (χ1n) is 9.82. The van der Waals surface area contributed by atoms with Gasteiger partial charge in [-0.05, 0) is 43.2 Å². The Hall–Kier alpha value is -2.47. The third-order valence-electron chi connectivity index (χ3n) is 5.64. The van der Waals surface area contributed by atoms with Gasteiger partial charge < -0.3 is 5.32 Å². The Kier molecular flexibility index (Phi) is 5.06. The van der Waals surface area contributed by atoms with Gasteiger partial charge in [0, 0.05) is 22.7 Å². The zero-order valence-corrected chi connectivity index (χ0v) is 16.4. The molecular weight excluding hydrogens is 374 g/mol. The first-order chi connectivity index (χ1) is 13.5. The minimum Gasteiger partial charge on any atom is -0.349 e. The molecule has 0 spiro atoms. The fourth-order valence-corrected chi connectivity index (χ4v) is 5.77. The SMILES string of the molecule is O=C(NC1CCCCCCC1)c1ccc2c(c1)S(=O)(=O)c1ccccc1C2=O. The van der Waals surface area contributed by atoms with Crippen LogP contribution in [0.2, 0.25) is 0 Å². The van der Waals surface area contributed by atoms with E-state index in [2.05, 4.69) is 5.32 Å². The molecule has 1 heterocycles. The number of ketones is 1. The normalized spacial score (nSPS) is 19.1. The first-order valence-corrected chi connectivity index (χ1v) is 11.3. The van der Waals surface area contributed by atoms with Crippen LogP contribution in [0.3, 0.4) is 0 Å². The van der Waals surface area contributed by atoms with Gasteiger partial charge in [-0.15, -0.1) is 0 Å². The Morgan fingerprint density at radius 3 is 2.25 bits per heavy atom. The van der Waals surface area contributed by atoms with Gasteiger partial charge >= 0.3 is 0 Å². The molecular formula is C22H23NO4S. The summed E-state index contributed by atoms with van der Waals surface area (Å²) < 4.78 is 26.0. The predicted octanol–water partition coefficient (Wildman–Crippen LogP) is 3.91. The highest BCUT2D eigenvalue weighted by Gasteiger charge is 2.35. The van der Waals surface area contributed by atoms with Crippen LogP contribution in [0, 0.1) is 0 Å². The van der Waals surface area contributed by atoms with Crippen LogP contribution in [0.1, 0.15) is 71.2 Å². The van der Waals surface area contributed by atoms with Crippen molar-refractivity contribution in [3.63, 3.8) is 0 Å². The number of hydrogen-bond acceptors (Lipinski definition) is 4. The van der Waals surface area contributed by atoms with Crippen molar-refractivity contribution < 1.29 is 18.0 Å². The summed E-state index contributed by atoms with van der Waals surface area (Å²) in [5, 5.41) is 3.05. The lowest BCUT2D eigenvalue weighted by Crippen LogP contribution is -2.35. The third kappa shape index (κ3) is 3.37. The quantitative estimate of drug-likeness (QED) is 0.711. The molecule has 1 aliphatic carbocycles.